The third-order valence-electron chi connectivity index (χ3n) is 5.24. The topological polar surface area (TPSA) is 55.6 Å². The summed E-state index contributed by atoms with van der Waals surface area (Å²) in [7, 11) is 0. The van der Waals surface area contributed by atoms with Crippen LogP contribution in [0.2, 0.25) is 0 Å². The Balaban J connectivity index is 1.95. The van der Waals surface area contributed by atoms with E-state index in [-0.39, 0.29) is 22.3 Å². The molecule has 0 radical (unpaired) electrons. The number of pyridine rings is 1. The molecule has 178 valence electrons. The Kier molecular flexibility index (Phi) is 6.65. The van der Waals surface area contributed by atoms with Gasteiger partial charge in [-0.15, -0.1) is 0 Å². The van der Waals surface area contributed by atoms with Gasteiger partial charge in [0.1, 0.15) is 22.9 Å². The first-order valence-corrected chi connectivity index (χ1v) is 11.7. The highest BCUT2D eigenvalue weighted by molar-refractivity contribution is 5.78. The molecule has 0 amide bonds. The molecule has 0 aliphatic carbocycles. The minimum Gasteiger partial charge on any atom is -0.427 e. The molecule has 5 nitrogen and oxygen atoms in total. The van der Waals surface area contributed by atoms with E-state index in [0.717, 1.165) is 29.1 Å². The molecule has 0 aliphatic heterocycles. The summed E-state index contributed by atoms with van der Waals surface area (Å²) in [5, 5.41) is 3.77. The standard InChI is InChI=1S/C28H39N3O2/c1-19-14-15-31-22(16-19)29-24(25(31)30-28(8,9)18-27(5,6)7)20-10-12-21(13-11-20)33-23(32)17-26(2,3)4/h10-16,30H,17-18H2,1-9H3. The maximum Gasteiger partial charge on any atom is 0.311 e. The van der Waals surface area contributed by atoms with E-state index < -0.39 is 0 Å². The minimum atomic E-state index is -0.218. The number of carbonyl (C=O) groups is 1. The first-order valence-electron chi connectivity index (χ1n) is 11.7. The van der Waals surface area contributed by atoms with Crippen molar-refractivity contribution in [1.29, 1.82) is 0 Å². The van der Waals surface area contributed by atoms with Crippen LogP contribution in [0.25, 0.3) is 16.9 Å². The predicted octanol–water partition coefficient (Wildman–Crippen LogP) is 7.28. The van der Waals surface area contributed by atoms with Crippen LogP contribution in [0.15, 0.2) is 42.6 Å². The number of imidazole rings is 1. The molecule has 0 fully saturated rings. The van der Waals surface area contributed by atoms with Gasteiger partial charge in [0.05, 0.1) is 6.42 Å². The number of ether oxygens (including phenoxy) is 1. The van der Waals surface area contributed by atoms with E-state index in [0.29, 0.717) is 12.2 Å². The number of anilines is 1. The molecule has 33 heavy (non-hydrogen) atoms. The summed E-state index contributed by atoms with van der Waals surface area (Å²) in [6, 6.07) is 11.8. The maximum atomic E-state index is 12.2. The summed E-state index contributed by atoms with van der Waals surface area (Å²) >= 11 is 0. The number of rotatable bonds is 6. The van der Waals surface area contributed by atoms with Crippen LogP contribution >= 0.6 is 0 Å². The summed E-state index contributed by atoms with van der Waals surface area (Å²) in [6.07, 6.45) is 3.44. The zero-order chi connectivity index (χ0) is 24.6. The molecule has 0 saturated heterocycles. The molecule has 1 aromatic carbocycles. The number of aromatic nitrogens is 2. The van der Waals surface area contributed by atoms with Gasteiger partial charge in [-0.05, 0) is 80.0 Å². The molecule has 5 heteroatoms. The molecule has 0 aliphatic rings. The Morgan fingerprint density at radius 2 is 1.61 bits per heavy atom. The molecule has 0 bridgehead atoms. The van der Waals surface area contributed by atoms with Crippen molar-refractivity contribution in [2.75, 3.05) is 5.32 Å². The highest BCUT2D eigenvalue weighted by Gasteiger charge is 2.28. The van der Waals surface area contributed by atoms with Gasteiger partial charge in [0, 0.05) is 17.3 Å². The molecular weight excluding hydrogens is 410 g/mol. The second kappa shape index (κ2) is 8.85. The first kappa shape index (κ1) is 24.8. The van der Waals surface area contributed by atoms with Crippen molar-refractivity contribution in [2.24, 2.45) is 10.8 Å². The third kappa shape index (κ3) is 6.83. The van der Waals surface area contributed by atoms with E-state index in [2.05, 4.69) is 69.6 Å². The van der Waals surface area contributed by atoms with Crippen LogP contribution < -0.4 is 10.1 Å². The number of carbonyl (C=O) groups excluding carboxylic acids is 1. The Morgan fingerprint density at radius 1 is 0.970 bits per heavy atom. The Labute approximate surface area is 198 Å². The minimum absolute atomic E-state index is 0.105. The van der Waals surface area contributed by atoms with Crippen LogP contribution in [0.3, 0.4) is 0 Å². The average Bonchev–Trinajstić information content (AvgIpc) is 2.95. The normalized spacial score (nSPS) is 12.8. The van der Waals surface area contributed by atoms with Crippen LogP contribution in [-0.2, 0) is 4.79 Å². The van der Waals surface area contributed by atoms with Crippen LogP contribution in [0.4, 0.5) is 5.82 Å². The molecular formula is C28H39N3O2. The number of hydrogen-bond donors (Lipinski definition) is 1. The van der Waals surface area contributed by atoms with Crippen molar-refractivity contribution in [2.45, 2.75) is 80.7 Å². The molecule has 0 atom stereocenters. The maximum absolute atomic E-state index is 12.2. The molecule has 2 aromatic heterocycles. The van der Waals surface area contributed by atoms with E-state index >= 15 is 0 Å². The quantitative estimate of drug-likeness (QED) is 0.317. The second-order valence-corrected chi connectivity index (χ2v) is 12.2. The van der Waals surface area contributed by atoms with Crippen molar-refractivity contribution in [3.63, 3.8) is 0 Å². The number of nitrogens with one attached hydrogen (secondary N) is 1. The smallest absolute Gasteiger partial charge is 0.311 e. The number of esters is 1. The van der Waals surface area contributed by atoms with Gasteiger partial charge < -0.3 is 10.1 Å². The molecule has 2 heterocycles. The Bertz CT molecular complexity index is 1130. The number of hydrogen-bond acceptors (Lipinski definition) is 4. The number of fused-ring (bicyclic) bond motifs is 1. The van der Waals surface area contributed by atoms with Gasteiger partial charge in [-0.2, -0.15) is 0 Å². The summed E-state index contributed by atoms with van der Waals surface area (Å²) in [5.74, 6) is 1.30. The van der Waals surface area contributed by atoms with Crippen LogP contribution in [0.1, 0.15) is 73.8 Å². The SMILES string of the molecule is Cc1ccn2c(NC(C)(C)CC(C)(C)C)c(-c3ccc(OC(=O)CC(C)(C)C)cc3)nc2c1. The van der Waals surface area contributed by atoms with Crippen molar-refractivity contribution >= 4 is 17.4 Å². The fourth-order valence-corrected chi connectivity index (χ4v) is 4.44. The zero-order valence-electron chi connectivity index (χ0n) is 21.7. The highest BCUT2D eigenvalue weighted by Crippen LogP contribution is 2.35. The molecule has 3 aromatic rings. The van der Waals surface area contributed by atoms with E-state index in [9.17, 15) is 4.79 Å². The van der Waals surface area contributed by atoms with Crippen molar-refractivity contribution in [3.05, 3.63) is 48.2 Å². The molecule has 0 saturated carbocycles. The van der Waals surface area contributed by atoms with E-state index in [1.807, 2.05) is 45.0 Å². The third-order valence-corrected chi connectivity index (χ3v) is 5.24. The first-order chi connectivity index (χ1) is 15.1. The molecule has 1 N–H and O–H groups in total. The summed E-state index contributed by atoms with van der Waals surface area (Å²) < 4.78 is 7.66. The Morgan fingerprint density at radius 3 is 2.18 bits per heavy atom. The van der Waals surface area contributed by atoms with Crippen LogP contribution in [0, 0.1) is 17.8 Å². The fourth-order valence-electron chi connectivity index (χ4n) is 4.44. The number of benzene rings is 1. The van der Waals surface area contributed by atoms with Crippen LogP contribution in [-0.4, -0.2) is 20.9 Å². The lowest BCUT2D eigenvalue weighted by Gasteiger charge is -2.34. The van der Waals surface area contributed by atoms with Crippen molar-refractivity contribution in [3.8, 4) is 17.0 Å². The molecule has 3 rings (SSSR count). The van der Waals surface area contributed by atoms with Crippen LogP contribution in [0.5, 0.6) is 5.75 Å². The van der Waals surface area contributed by atoms with Crippen molar-refractivity contribution in [1.82, 2.24) is 9.38 Å². The lowest BCUT2D eigenvalue weighted by Crippen LogP contribution is -2.36. The Hall–Kier alpha value is -2.82. The molecule has 0 spiro atoms. The number of nitrogens with zero attached hydrogens (tertiary/aromatic N) is 2. The van der Waals surface area contributed by atoms with Crippen molar-refractivity contribution < 1.29 is 9.53 Å². The van der Waals surface area contributed by atoms with Gasteiger partial charge in [0.2, 0.25) is 0 Å². The number of aryl methyl sites for hydroxylation is 1. The molecule has 0 unspecified atom stereocenters. The van der Waals surface area contributed by atoms with Gasteiger partial charge in [0.25, 0.3) is 0 Å². The largest absolute Gasteiger partial charge is 0.427 e. The summed E-state index contributed by atoms with van der Waals surface area (Å²) in [5.41, 5.74) is 3.88. The van der Waals surface area contributed by atoms with Gasteiger partial charge in [-0.25, -0.2) is 4.98 Å². The van der Waals surface area contributed by atoms with Gasteiger partial charge >= 0.3 is 5.97 Å². The van der Waals surface area contributed by atoms with Gasteiger partial charge in [-0.3, -0.25) is 9.20 Å². The lowest BCUT2D eigenvalue weighted by molar-refractivity contribution is -0.136. The average molecular weight is 450 g/mol. The fraction of sp³-hybridized carbons (Fsp3) is 0.500. The van der Waals surface area contributed by atoms with E-state index in [1.165, 1.54) is 5.56 Å². The lowest BCUT2D eigenvalue weighted by atomic mass is 9.82. The summed E-state index contributed by atoms with van der Waals surface area (Å²) in [4.78, 5) is 17.2. The second-order valence-electron chi connectivity index (χ2n) is 12.2. The summed E-state index contributed by atoms with van der Waals surface area (Å²) in [6.45, 7) is 19.4. The monoisotopic (exact) mass is 449 g/mol. The van der Waals surface area contributed by atoms with Gasteiger partial charge in [-0.1, -0.05) is 41.5 Å². The zero-order valence-corrected chi connectivity index (χ0v) is 21.7. The predicted molar refractivity (Wildman–Crippen MR) is 137 cm³/mol. The highest BCUT2D eigenvalue weighted by atomic mass is 16.5. The van der Waals surface area contributed by atoms with Gasteiger partial charge in [0.15, 0.2) is 0 Å². The van der Waals surface area contributed by atoms with E-state index in [4.69, 9.17) is 9.72 Å². The van der Waals surface area contributed by atoms with E-state index in [1.54, 1.807) is 0 Å².